The van der Waals surface area contributed by atoms with Gasteiger partial charge >= 0.3 is 0 Å². The van der Waals surface area contributed by atoms with Crippen LogP contribution in [0.1, 0.15) is 26.0 Å². The maximum absolute atomic E-state index is 11.9. The zero-order valence-electron chi connectivity index (χ0n) is 10.6. The molecular weight excluding hydrogens is 228 g/mol. The molecule has 2 heterocycles. The molecule has 18 heavy (non-hydrogen) atoms. The molecule has 0 bridgehead atoms. The average Bonchev–Trinajstić information content (AvgIpc) is 2.83. The lowest BCUT2D eigenvalue weighted by atomic mass is 10.1. The molecule has 2 aromatic heterocycles. The predicted octanol–water partition coefficient (Wildman–Crippen LogP) is 1.39. The van der Waals surface area contributed by atoms with Crippen molar-refractivity contribution in [3.05, 3.63) is 30.5 Å². The van der Waals surface area contributed by atoms with Gasteiger partial charge in [0, 0.05) is 18.3 Å². The van der Waals surface area contributed by atoms with Gasteiger partial charge in [0.1, 0.15) is 0 Å². The smallest absolute Gasteiger partial charge is 0.223 e. The molecule has 0 aromatic carbocycles. The normalized spacial score (nSPS) is 20.9. The molecule has 1 saturated carbocycles. The number of fused-ring (bicyclic) bond motifs is 1. The van der Waals surface area contributed by atoms with E-state index in [1.54, 1.807) is 18.6 Å². The standard InChI is InChI=1S/C13H16N4O/c1-13(2)5-10(13)12(18)16-7-9-6-15-11-8-14-3-4-17(9)11/h3-4,6,8,10H,5,7H2,1-2H3,(H,16,18)/t10-/m1/s1. The second-order valence-electron chi connectivity index (χ2n) is 5.52. The van der Waals surface area contributed by atoms with Crippen molar-refractivity contribution >= 4 is 11.6 Å². The number of carbonyl (C=O) groups is 1. The highest BCUT2D eigenvalue weighted by atomic mass is 16.2. The molecular formula is C13H16N4O. The minimum Gasteiger partial charge on any atom is -0.350 e. The van der Waals surface area contributed by atoms with Crippen LogP contribution in [-0.4, -0.2) is 20.3 Å². The van der Waals surface area contributed by atoms with E-state index in [9.17, 15) is 4.79 Å². The van der Waals surface area contributed by atoms with Crippen molar-refractivity contribution in [1.82, 2.24) is 19.7 Å². The Morgan fingerprint density at radius 1 is 1.56 bits per heavy atom. The van der Waals surface area contributed by atoms with Crippen LogP contribution >= 0.6 is 0 Å². The first-order chi connectivity index (χ1) is 8.58. The molecule has 1 amide bonds. The van der Waals surface area contributed by atoms with Gasteiger partial charge in [0.05, 0.1) is 24.6 Å². The van der Waals surface area contributed by atoms with Crippen LogP contribution in [0, 0.1) is 11.3 Å². The second kappa shape index (κ2) is 3.80. The van der Waals surface area contributed by atoms with Crippen LogP contribution in [0.4, 0.5) is 0 Å². The van der Waals surface area contributed by atoms with Crippen LogP contribution in [0.2, 0.25) is 0 Å². The summed E-state index contributed by atoms with van der Waals surface area (Å²) in [6.45, 7) is 4.75. The van der Waals surface area contributed by atoms with Gasteiger partial charge in [-0.2, -0.15) is 0 Å². The number of nitrogens with one attached hydrogen (secondary N) is 1. The lowest BCUT2D eigenvalue weighted by Crippen LogP contribution is -2.26. The number of aromatic nitrogens is 3. The Morgan fingerprint density at radius 3 is 3.06 bits per heavy atom. The summed E-state index contributed by atoms with van der Waals surface area (Å²) in [5.41, 5.74) is 1.95. The number of hydrogen-bond donors (Lipinski definition) is 1. The average molecular weight is 244 g/mol. The Bertz CT molecular complexity index is 602. The molecule has 1 N–H and O–H groups in total. The molecule has 1 aliphatic carbocycles. The molecule has 5 nitrogen and oxygen atoms in total. The van der Waals surface area contributed by atoms with E-state index in [1.165, 1.54) is 0 Å². The fourth-order valence-electron chi connectivity index (χ4n) is 2.24. The van der Waals surface area contributed by atoms with Crippen molar-refractivity contribution in [1.29, 1.82) is 0 Å². The highest BCUT2D eigenvalue weighted by molar-refractivity contribution is 5.82. The number of hydrogen-bond acceptors (Lipinski definition) is 3. The fourth-order valence-corrected chi connectivity index (χ4v) is 2.24. The van der Waals surface area contributed by atoms with Crippen LogP contribution in [0.5, 0.6) is 0 Å². The van der Waals surface area contributed by atoms with E-state index in [-0.39, 0.29) is 17.2 Å². The van der Waals surface area contributed by atoms with Gasteiger partial charge in [0.2, 0.25) is 5.91 Å². The molecule has 0 radical (unpaired) electrons. The summed E-state index contributed by atoms with van der Waals surface area (Å²) in [6.07, 6.45) is 8.02. The molecule has 1 atom stereocenters. The third kappa shape index (κ3) is 1.85. The number of nitrogens with zero attached hydrogens (tertiary/aromatic N) is 3. The van der Waals surface area contributed by atoms with Crippen LogP contribution in [0.3, 0.4) is 0 Å². The van der Waals surface area contributed by atoms with Crippen molar-refractivity contribution < 1.29 is 4.79 Å². The number of imidazole rings is 1. The lowest BCUT2D eigenvalue weighted by molar-refractivity contribution is -0.123. The molecule has 0 spiro atoms. The van der Waals surface area contributed by atoms with Crippen LogP contribution in [0.25, 0.3) is 5.65 Å². The maximum atomic E-state index is 11.9. The van der Waals surface area contributed by atoms with Crippen molar-refractivity contribution in [2.24, 2.45) is 11.3 Å². The second-order valence-corrected chi connectivity index (χ2v) is 5.52. The van der Waals surface area contributed by atoms with Gasteiger partial charge in [-0.3, -0.25) is 14.2 Å². The first kappa shape index (κ1) is 11.2. The van der Waals surface area contributed by atoms with Gasteiger partial charge in [-0.25, -0.2) is 4.98 Å². The van der Waals surface area contributed by atoms with Crippen molar-refractivity contribution in [3.63, 3.8) is 0 Å². The SMILES string of the molecule is CC1(C)C[C@@H]1C(=O)NCc1cnc2cnccn12. The molecule has 0 aliphatic heterocycles. The van der Waals surface area contributed by atoms with Crippen LogP contribution in [0.15, 0.2) is 24.8 Å². The summed E-state index contributed by atoms with van der Waals surface area (Å²) >= 11 is 0. The fraction of sp³-hybridized carbons (Fsp3) is 0.462. The van der Waals surface area contributed by atoms with Crippen molar-refractivity contribution in [2.45, 2.75) is 26.8 Å². The molecule has 0 unspecified atom stereocenters. The van der Waals surface area contributed by atoms with E-state index in [4.69, 9.17) is 0 Å². The Hall–Kier alpha value is -1.91. The summed E-state index contributed by atoms with van der Waals surface area (Å²) < 4.78 is 1.94. The van der Waals surface area contributed by atoms with E-state index < -0.39 is 0 Å². The number of amides is 1. The van der Waals surface area contributed by atoms with Crippen LogP contribution < -0.4 is 5.32 Å². The molecule has 2 aromatic rings. The van der Waals surface area contributed by atoms with Gasteiger partial charge in [-0.15, -0.1) is 0 Å². The molecule has 0 saturated heterocycles. The lowest BCUT2D eigenvalue weighted by Gasteiger charge is -2.06. The van der Waals surface area contributed by atoms with E-state index >= 15 is 0 Å². The van der Waals surface area contributed by atoms with E-state index in [0.29, 0.717) is 6.54 Å². The molecule has 5 heteroatoms. The number of rotatable bonds is 3. The summed E-state index contributed by atoms with van der Waals surface area (Å²) in [5.74, 6) is 0.308. The summed E-state index contributed by atoms with van der Waals surface area (Å²) in [6, 6.07) is 0. The highest BCUT2D eigenvalue weighted by Gasteiger charge is 2.50. The minimum absolute atomic E-state index is 0.143. The summed E-state index contributed by atoms with van der Waals surface area (Å²) in [7, 11) is 0. The van der Waals surface area contributed by atoms with E-state index in [0.717, 1.165) is 17.8 Å². The quantitative estimate of drug-likeness (QED) is 0.887. The molecule has 1 aliphatic rings. The first-order valence-electron chi connectivity index (χ1n) is 6.11. The Balaban J connectivity index is 1.69. The first-order valence-corrected chi connectivity index (χ1v) is 6.11. The molecule has 1 fully saturated rings. The van der Waals surface area contributed by atoms with Crippen LogP contribution in [-0.2, 0) is 11.3 Å². The third-order valence-corrected chi connectivity index (χ3v) is 3.67. The Labute approximate surface area is 105 Å². The van der Waals surface area contributed by atoms with E-state index in [1.807, 2.05) is 10.6 Å². The van der Waals surface area contributed by atoms with Gasteiger partial charge < -0.3 is 5.32 Å². The maximum Gasteiger partial charge on any atom is 0.223 e. The minimum atomic E-state index is 0.143. The summed E-state index contributed by atoms with van der Waals surface area (Å²) in [4.78, 5) is 20.1. The van der Waals surface area contributed by atoms with Gasteiger partial charge in [0.25, 0.3) is 0 Å². The Morgan fingerprint density at radius 2 is 2.33 bits per heavy atom. The Kier molecular flexibility index (Phi) is 2.36. The van der Waals surface area contributed by atoms with Crippen molar-refractivity contribution in [2.75, 3.05) is 0 Å². The topological polar surface area (TPSA) is 59.3 Å². The molecule has 3 rings (SSSR count). The van der Waals surface area contributed by atoms with E-state index in [2.05, 4.69) is 29.1 Å². The third-order valence-electron chi connectivity index (χ3n) is 3.67. The summed E-state index contributed by atoms with van der Waals surface area (Å²) in [5, 5.41) is 2.97. The molecule has 94 valence electrons. The number of carbonyl (C=O) groups excluding carboxylic acids is 1. The van der Waals surface area contributed by atoms with Gasteiger partial charge in [-0.05, 0) is 11.8 Å². The predicted molar refractivity (Wildman–Crippen MR) is 66.7 cm³/mol. The monoisotopic (exact) mass is 244 g/mol. The largest absolute Gasteiger partial charge is 0.350 e. The zero-order chi connectivity index (χ0) is 12.8. The highest BCUT2D eigenvalue weighted by Crippen LogP contribution is 2.51. The van der Waals surface area contributed by atoms with Crippen molar-refractivity contribution in [3.8, 4) is 0 Å². The zero-order valence-corrected chi connectivity index (χ0v) is 10.6. The van der Waals surface area contributed by atoms with Gasteiger partial charge in [-0.1, -0.05) is 13.8 Å². The van der Waals surface area contributed by atoms with Gasteiger partial charge in [0.15, 0.2) is 5.65 Å².